The van der Waals surface area contributed by atoms with Crippen LogP contribution in [-0.4, -0.2) is 16.3 Å². The number of nitrogens with one attached hydrogen (secondary N) is 1. The number of aromatic nitrogens is 2. The zero-order valence-electron chi connectivity index (χ0n) is 9.11. The Morgan fingerprint density at radius 1 is 1.56 bits per heavy atom. The number of rotatable bonds is 5. The number of furan rings is 1. The zero-order valence-corrected chi connectivity index (χ0v) is 11.3. The van der Waals surface area contributed by atoms with E-state index < -0.39 is 0 Å². The fourth-order valence-corrected chi connectivity index (χ4v) is 1.95. The lowest BCUT2D eigenvalue weighted by molar-refractivity contribution is 0.479. The Bertz CT molecular complexity index is 450. The quantitative estimate of drug-likeness (QED) is 0.855. The first-order valence-electron chi connectivity index (χ1n) is 5.23. The molecule has 0 saturated carbocycles. The number of hydrogen-bond donors (Lipinski definition) is 1. The van der Waals surface area contributed by atoms with Gasteiger partial charge in [0.05, 0.1) is 29.1 Å². The van der Waals surface area contributed by atoms with Crippen LogP contribution in [0.3, 0.4) is 0 Å². The van der Waals surface area contributed by atoms with Crippen molar-refractivity contribution in [2.75, 3.05) is 6.54 Å². The molecule has 2 rings (SSSR count). The predicted octanol–water partition coefficient (Wildman–Crippen LogP) is 2.24. The SMILES string of the molecule is CCNCc1occc1Cn1cc(I)cn1. The van der Waals surface area contributed by atoms with Crippen molar-refractivity contribution in [1.29, 1.82) is 0 Å². The highest BCUT2D eigenvalue weighted by atomic mass is 127. The van der Waals surface area contributed by atoms with Gasteiger partial charge in [0.15, 0.2) is 0 Å². The summed E-state index contributed by atoms with van der Waals surface area (Å²) in [6, 6.07) is 2.00. The van der Waals surface area contributed by atoms with Crippen LogP contribution in [0, 0.1) is 3.57 Å². The van der Waals surface area contributed by atoms with Crippen LogP contribution in [0.1, 0.15) is 18.2 Å². The summed E-state index contributed by atoms with van der Waals surface area (Å²) >= 11 is 2.25. The molecular weight excluding hydrogens is 317 g/mol. The predicted molar refractivity (Wildman–Crippen MR) is 70.1 cm³/mol. The van der Waals surface area contributed by atoms with Crippen molar-refractivity contribution in [2.45, 2.75) is 20.0 Å². The summed E-state index contributed by atoms with van der Waals surface area (Å²) in [6.45, 7) is 4.57. The Hall–Kier alpha value is -0.820. The molecule has 0 atom stereocenters. The van der Waals surface area contributed by atoms with E-state index in [9.17, 15) is 0 Å². The first-order valence-corrected chi connectivity index (χ1v) is 6.31. The van der Waals surface area contributed by atoms with Gasteiger partial charge in [-0.15, -0.1) is 0 Å². The van der Waals surface area contributed by atoms with Crippen LogP contribution < -0.4 is 5.32 Å². The molecule has 86 valence electrons. The third-order valence-corrected chi connectivity index (χ3v) is 2.86. The molecule has 0 fully saturated rings. The highest BCUT2D eigenvalue weighted by Crippen LogP contribution is 2.12. The topological polar surface area (TPSA) is 43.0 Å². The molecule has 1 N–H and O–H groups in total. The average Bonchev–Trinajstić information content (AvgIpc) is 2.86. The maximum absolute atomic E-state index is 5.44. The molecule has 2 aromatic rings. The zero-order chi connectivity index (χ0) is 11.4. The van der Waals surface area contributed by atoms with E-state index in [0.717, 1.165) is 29.0 Å². The summed E-state index contributed by atoms with van der Waals surface area (Å²) in [5.74, 6) is 0.993. The normalized spacial score (nSPS) is 10.9. The van der Waals surface area contributed by atoms with Crippen LogP contribution in [0.2, 0.25) is 0 Å². The van der Waals surface area contributed by atoms with E-state index >= 15 is 0 Å². The minimum atomic E-state index is 0.764. The fraction of sp³-hybridized carbons (Fsp3) is 0.364. The summed E-state index contributed by atoms with van der Waals surface area (Å²) in [5, 5.41) is 7.52. The van der Waals surface area contributed by atoms with Gasteiger partial charge >= 0.3 is 0 Å². The average molecular weight is 331 g/mol. The van der Waals surface area contributed by atoms with Gasteiger partial charge in [-0.2, -0.15) is 5.10 Å². The Kier molecular flexibility index (Phi) is 4.00. The minimum absolute atomic E-state index is 0.764. The van der Waals surface area contributed by atoms with Crippen molar-refractivity contribution in [3.63, 3.8) is 0 Å². The maximum atomic E-state index is 5.44. The van der Waals surface area contributed by atoms with Crippen LogP contribution in [-0.2, 0) is 13.1 Å². The Morgan fingerprint density at radius 3 is 3.12 bits per heavy atom. The second-order valence-corrected chi connectivity index (χ2v) is 4.75. The Labute approximate surface area is 108 Å². The molecule has 0 aliphatic heterocycles. The van der Waals surface area contributed by atoms with Crippen molar-refractivity contribution >= 4 is 22.6 Å². The molecule has 0 aromatic carbocycles. The molecule has 5 heteroatoms. The third kappa shape index (κ3) is 2.85. The molecule has 0 unspecified atom stereocenters. The largest absolute Gasteiger partial charge is 0.468 e. The van der Waals surface area contributed by atoms with Crippen molar-refractivity contribution in [1.82, 2.24) is 15.1 Å². The fourth-order valence-electron chi connectivity index (χ4n) is 1.50. The molecule has 16 heavy (non-hydrogen) atoms. The van der Waals surface area contributed by atoms with Crippen molar-refractivity contribution in [3.05, 3.63) is 39.6 Å². The monoisotopic (exact) mass is 331 g/mol. The molecule has 0 bridgehead atoms. The third-order valence-electron chi connectivity index (χ3n) is 2.31. The van der Waals surface area contributed by atoms with Gasteiger partial charge in [0.25, 0.3) is 0 Å². The summed E-state index contributed by atoms with van der Waals surface area (Å²) in [7, 11) is 0. The molecule has 2 aromatic heterocycles. The van der Waals surface area contributed by atoms with E-state index in [1.54, 1.807) is 6.26 Å². The van der Waals surface area contributed by atoms with Gasteiger partial charge in [0, 0.05) is 11.8 Å². The number of halogens is 1. The summed E-state index contributed by atoms with van der Waals surface area (Å²) < 4.78 is 8.51. The van der Waals surface area contributed by atoms with Gasteiger partial charge in [0.2, 0.25) is 0 Å². The molecular formula is C11H14IN3O. The second kappa shape index (κ2) is 5.49. The first kappa shape index (κ1) is 11.7. The van der Waals surface area contributed by atoms with E-state index in [2.05, 4.69) is 39.9 Å². The Balaban J connectivity index is 2.06. The van der Waals surface area contributed by atoms with Gasteiger partial charge < -0.3 is 9.73 Å². The van der Waals surface area contributed by atoms with Crippen LogP contribution in [0.25, 0.3) is 0 Å². The van der Waals surface area contributed by atoms with Crippen molar-refractivity contribution in [2.24, 2.45) is 0 Å². The number of hydrogen-bond acceptors (Lipinski definition) is 3. The van der Waals surface area contributed by atoms with E-state index in [-0.39, 0.29) is 0 Å². The second-order valence-electron chi connectivity index (χ2n) is 3.51. The van der Waals surface area contributed by atoms with Gasteiger partial charge in [-0.1, -0.05) is 6.92 Å². The molecule has 0 aliphatic carbocycles. The van der Waals surface area contributed by atoms with Crippen molar-refractivity contribution < 1.29 is 4.42 Å². The lowest BCUT2D eigenvalue weighted by Gasteiger charge is -2.03. The van der Waals surface area contributed by atoms with E-state index in [4.69, 9.17) is 4.42 Å². The molecule has 0 saturated heterocycles. The maximum Gasteiger partial charge on any atom is 0.122 e. The Morgan fingerprint density at radius 2 is 2.44 bits per heavy atom. The van der Waals surface area contributed by atoms with Crippen LogP contribution >= 0.6 is 22.6 Å². The van der Waals surface area contributed by atoms with Gasteiger partial charge in [0.1, 0.15) is 5.76 Å². The van der Waals surface area contributed by atoms with Gasteiger partial charge in [-0.25, -0.2) is 0 Å². The minimum Gasteiger partial charge on any atom is -0.468 e. The molecule has 0 amide bonds. The van der Waals surface area contributed by atoms with E-state index in [1.165, 1.54) is 5.56 Å². The van der Waals surface area contributed by atoms with Crippen molar-refractivity contribution in [3.8, 4) is 0 Å². The smallest absolute Gasteiger partial charge is 0.122 e. The summed E-state index contributed by atoms with van der Waals surface area (Å²) in [4.78, 5) is 0. The highest BCUT2D eigenvalue weighted by Gasteiger charge is 2.06. The first-order chi connectivity index (χ1) is 7.79. The standard InChI is InChI=1S/C11H14IN3O/c1-2-13-6-11-9(3-4-16-11)7-15-8-10(12)5-14-15/h3-5,8,13H,2,6-7H2,1H3. The molecule has 0 spiro atoms. The van der Waals surface area contributed by atoms with Crippen LogP contribution in [0.15, 0.2) is 29.1 Å². The van der Waals surface area contributed by atoms with Gasteiger partial charge in [-0.3, -0.25) is 4.68 Å². The van der Waals surface area contributed by atoms with Crippen LogP contribution in [0.4, 0.5) is 0 Å². The van der Waals surface area contributed by atoms with Gasteiger partial charge in [-0.05, 0) is 35.2 Å². The number of nitrogens with zero attached hydrogens (tertiary/aromatic N) is 2. The van der Waals surface area contributed by atoms with E-state index in [0.29, 0.717) is 0 Å². The highest BCUT2D eigenvalue weighted by molar-refractivity contribution is 14.1. The van der Waals surface area contributed by atoms with Crippen LogP contribution in [0.5, 0.6) is 0 Å². The molecule has 0 aliphatic rings. The van der Waals surface area contributed by atoms with E-state index in [1.807, 2.05) is 23.1 Å². The lowest BCUT2D eigenvalue weighted by Crippen LogP contribution is -2.13. The summed E-state index contributed by atoms with van der Waals surface area (Å²) in [5.41, 5.74) is 1.18. The summed E-state index contributed by atoms with van der Waals surface area (Å²) in [6.07, 6.45) is 5.60. The molecule has 2 heterocycles. The lowest BCUT2D eigenvalue weighted by atomic mass is 10.2. The molecule has 0 radical (unpaired) electrons. The molecule has 4 nitrogen and oxygen atoms in total.